The number of methoxy groups -OCH3 is 2. The minimum Gasteiger partial charge on any atom is -0.493 e. The summed E-state index contributed by atoms with van der Waals surface area (Å²) in [6.07, 6.45) is 1.57. The van der Waals surface area contributed by atoms with Crippen LogP contribution in [0.15, 0.2) is 65.2 Å². The highest BCUT2D eigenvalue weighted by atomic mass is 16.5. The number of aromatic nitrogens is 2. The van der Waals surface area contributed by atoms with E-state index in [4.69, 9.17) is 14.0 Å². The van der Waals surface area contributed by atoms with Crippen molar-refractivity contribution in [3.8, 4) is 22.9 Å². The minimum absolute atomic E-state index is 0.0183. The molecule has 5 rings (SSSR count). The van der Waals surface area contributed by atoms with E-state index in [1.54, 1.807) is 14.2 Å². The third-order valence-electron chi connectivity index (χ3n) is 6.47. The van der Waals surface area contributed by atoms with E-state index in [0.717, 1.165) is 48.0 Å². The Bertz CT molecular complexity index is 1320. The molecule has 1 aliphatic heterocycles. The first kappa shape index (κ1) is 22.9. The molecule has 0 spiro atoms. The Morgan fingerprint density at radius 1 is 1.03 bits per heavy atom. The van der Waals surface area contributed by atoms with E-state index in [1.165, 1.54) is 0 Å². The van der Waals surface area contributed by atoms with Crippen molar-refractivity contribution >= 4 is 22.4 Å². The van der Waals surface area contributed by atoms with E-state index >= 15 is 0 Å². The first-order valence-corrected chi connectivity index (χ1v) is 11.7. The molecule has 1 N–H and O–H groups in total. The number of benzene rings is 3. The number of ether oxygens (including phenoxy) is 2. The van der Waals surface area contributed by atoms with Gasteiger partial charge in [-0.05, 0) is 55.6 Å². The number of likely N-dealkylation sites (tertiary alicyclic amines) is 1. The molecule has 180 valence electrons. The first-order chi connectivity index (χ1) is 17.1. The van der Waals surface area contributed by atoms with Gasteiger partial charge in [0.15, 0.2) is 11.5 Å². The van der Waals surface area contributed by atoms with Gasteiger partial charge >= 0.3 is 0 Å². The zero-order valence-corrected chi connectivity index (χ0v) is 19.9. The summed E-state index contributed by atoms with van der Waals surface area (Å²) in [6.45, 7) is 2.14. The van der Waals surface area contributed by atoms with Gasteiger partial charge in [-0.3, -0.25) is 9.69 Å². The van der Waals surface area contributed by atoms with Crippen LogP contribution < -0.4 is 14.8 Å². The van der Waals surface area contributed by atoms with Crippen molar-refractivity contribution in [2.24, 2.45) is 5.92 Å². The predicted octanol–water partition coefficient (Wildman–Crippen LogP) is 4.76. The number of piperidine rings is 1. The summed E-state index contributed by atoms with van der Waals surface area (Å²) in [7, 11) is 3.19. The van der Waals surface area contributed by atoms with Gasteiger partial charge in [-0.15, -0.1) is 0 Å². The van der Waals surface area contributed by atoms with Crippen LogP contribution in [0.2, 0.25) is 0 Å². The summed E-state index contributed by atoms with van der Waals surface area (Å²) >= 11 is 0. The van der Waals surface area contributed by atoms with Crippen molar-refractivity contribution in [3.05, 3.63) is 66.6 Å². The number of nitrogens with one attached hydrogen (secondary N) is 1. The largest absolute Gasteiger partial charge is 0.493 e. The minimum atomic E-state index is -0.0183. The van der Waals surface area contributed by atoms with Gasteiger partial charge in [-0.25, -0.2) is 0 Å². The molecule has 0 aliphatic carbocycles. The summed E-state index contributed by atoms with van der Waals surface area (Å²) in [5.74, 6) is 2.37. The van der Waals surface area contributed by atoms with Crippen molar-refractivity contribution in [1.82, 2.24) is 15.0 Å². The maximum atomic E-state index is 12.9. The summed E-state index contributed by atoms with van der Waals surface area (Å²) < 4.78 is 16.1. The van der Waals surface area contributed by atoms with Crippen LogP contribution in [-0.4, -0.2) is 48.3 Å². The molecule has 1 saturated heterocycles. The molecule has 0 saturated carbocycles. The van der Waals surface area contributed by atoms with E-state index in [0.29, 0.717) is 29.8 Å². The molecule has 1 aromatic heterocycles. The van der Waals surface area contributed by atoms with Crippen molar-refractivity contribution in [3.63, 3.8) is 0 Å². The number of hydrogen-bond donors (Lipinski definition) is 1. The number of nitrogens with zero attached hydrogens (tertiary/aromatic N) is 3. The van der Waals surface area contributed by atoms with Crippen LogP contribution in [0.5, 0.6) is 11.5 Å². The summed E-state index contributed by atoms with van der Waals surface area (Å²) in [4.78, 5) is 19.7. The smallest absolute Gasteiger partial charge is 0.241 e. The van der Waals surface area contributed by atoms with E-state index < -0.39 is 0 Å². The number of carbonyl (C=O) groups is 1. The molecule has 35 heavy (non-hydrogen) atoms. The topological polar surface area (TPSA) is 89.7 Å². The zero-order valence-electron chi connectivity index (χ0n) is 19.9. The predicted molar refractivity (Wildman–Crippen MR) is 133 cm³/mol. The third-order valence-corrected chi connectivity index (χ3v) is 6.47. The van der Waals surface area contributed by atoms with E-state index in [-0.39, 0.29) is 11.8 Å². The molecule has 1 amide bonds. The number of fused-ring (bicyclic) bond motifs is 1. The monoisotopic (exact) mass is 472 g/mol. The summed E-state index contributed by atoms with van der Waals surface area (Å²) in [5.41, 5.74) is 1.66. The Labute approximate surface area is 203 Å². The number of amides is 1. The van der Waals surface area contributed by atoms with Gasteiger partial charge in [0.05, 0.1) is 20.8 Å². The Morgan fingerprint density at radius 3 is 2.60 bits per heavy atom. The summed E-state index contributed by atoms with van der Waals surface area (Å²) in [6, 6.07) is 19.6. The lowest BCUT2D eigenvalue weighted by atomic mass is 9.95. The highest BCUT2D eigenvalue weighted by Crippen LogP contribution is 2.31. The molecular weight excluding hydrogens is 444 g/mol. The Balaban J connectivity index is 1.17. The van der Waals surface area contributed by atoms with E-state index in [1.807, 2.05) is 48.5 Å². The van der Waals surface area contributed by atoms with Crippen LogP contribution in [0, 0.1) is 5.92 Å². The number of hydrogen-bond acceptors (Lipinski definition) is 7. The standard InChI is InChI=1S/C27H28N4O4/c1-33-23-11-10-20(16-24(23)34-2)26-29-25(35-30-26)17-31-14-12-19(13-15-31)27(32)28-22-9-5-7-18-6-3-4-8-21(18)22/h3-11,16,19H,12-15,17H2,1-2H3,(H,28,32). The van der Waals surface area contributed by atoms with E-state index in [9.17, 15) is 4.79 Å². The van der Waals surface area contributed by atoms with Gasteiger partial charge in [0, 0.05) is 22.6 Å². The Morgan fingerprint density at radius 2 is 1.80 bits per heavy atom. The molecule has 0 unspecified atom stereocenters. The third kappa shape index (κ3) is 4.97. The maximum absolute atomic E-state index is 12.9. The molecule has 8 nitrogen and oxygen atoms in total. The normalized spacial score (nSPS) is 14.7. The van der Waals surface area contributed by atoms with Gasteiger partial charge in [-0.2, -0.15) is 4.98 Å². The number of rotatable bonds is 7. The van der Waals surface area contributed by atoms with Gasteiger partial charge < -0.3 is 19.3 Å². The summed E-state index contributed by atoms with van der Waals surface area (Å²) in [5, 5.41) is 9.44. The highest BCUT2D eigenvalue weighted by Gasteiger charge is 2.26. The average Bonchev–Trinajstić information content (AvgIpc) is 3.37. The maximum Gasteiger partial charge on any atom is 0.241 e. The molecule has 4 aromatic rings. The van der Waals surface area contributed by atoms with Crippen LogP contribution in [0.4, 0.5) is 5.69 Å². The molecule has 3 aromatic carbocycles. The molecule has 2 heterocycles. The molecule has 1 aliphatic rings. The van der Waals surface area contributed by atoms with Crippen molar-refractivity contribution in [1.29, 1.82) is 0 Å². The average molecular weight is 473 g/mol. The second kappa shape index (κ2) is 10.1. The molecule has 8 heteroatoms. The van der Waals surface area contributed by atoms with Crippen LogP contribution in [0.3, 0.4) is 0 Å². The number of anilines is 1. The Kier molecular flexibility index (Phi) is 6.63. The Hall–Kier alpha value is -3.91. The second-order valence-electron chi connectivity index (χ2n) is 8.65. The lowest BCUT2D eigenvalue weighted by Crippen LogP contribution is -2.37. The lowest BCUT2D eigenvalue weighted by molar-refractivity contribution is -0.121. The molecule has 0 atom stereocenters. The van der Waals surface area contributed by atoms with Crippen molar-refractivity contribution < 1.29 is 18.8 Å². The van der Waals surface area contributed by atoms with Crippen LogP contribution in [-0.2, 0) is 11.3 Å². The van der Waals surface area contributed by atoms with Gasteiger partial charge in [0.1, 0.15) is 0 Å². The fraction of sp³-hybridized carbons (Fsp3) is 0.296. The fourth-order valence-corrected chi connectivity index (χ4v) is 4.53. The lowest BCUT2D eigenvalue weighted by Gasteiger charge is -2.30. The van der Waals surface area contributed by atoms with Gasteiger partial charge in [-0.1, -0.05) is 41.6 Å². The van der Waals surface area contributed by atoms with E-state index in [2.05, 4.69) is 32.5 Å². The van der Waals surface area contributed by atoms with Crippen LogP contribution in [0.1, 0.15) is 18.7 Å². The van der Waals surface area contributed by atoms with Crippen LogP contribution >= 0.6 is 0 Å². The fourth-order valence-electron chi connectivity index (χ4n) is 4.53. The molecule has 0 bridgehead atoms. The second-order valence-corrected chi connectivity index (χ2v) is 8.65. The number of carbonyl (C=O) groups excluding carboxylic acids is 1. The SMILES string of the molecule is COc1ccc(-c2noc(CN3CCC(C(=O)Nc4cccc5ccccc45)CC3)n2)cc1OC. The molecular formula is C27H28N4O4. The highest BCUT2D eigenvalue weighted by molar-refractivity contribution is 6.02. The molecule has 0 radical (unpaired) electrons. The van der Waals surface area contributed by atoms with Crippen molar-refractivity contribution in [2.75, 3.05) is 32.6 Å². The van der Waals surface area contributed by atoms with Gasteiger partial charge in [0.25, 0.3) is 0 Å². The van der Waals surface area contributed by atoms with Crippen LogP contribution in [0.25, 0.3) is 22.2 Å². The zero-order chi connectivity index (χ0) is 24.2. The quantitative estimate of drug-likeness (QED) is 0.415. The molecule has 1 fully saturated rings. The van der Waals surface area contributed by atoms with Crippen molar-refractivity contribution in [2.45, 2.75) is 19.4 Å². The van der Waals surface area contributed by atoms with Gasteiger partial charge in [0.2, 0.25) is 17.6 Å². The first-order valence-electron chi connectivity index (χ1n) is 11.7.